The highest BCUT2D eigenvalue weighted by Gasteiger charge is 2.24. The van der Waals surface area contributed by atoms with Crippen LogP contribution in [0.3, 0.4) is 0 Å². The maximum atomic E-state index is 12.4. The molecule has 3 rings (SSSR count). The summed E-state index contributed by atoms with van der Waals surface area (Å²) in [6.45, 7) is 2.75. The van der Waals surface area contributed by atoms with Gasteiger partial charge in [0.05, 0.1) is 11.7 Å². The number of amides is 1. The molecule has 108 valence electrons. The van der Waals surface area contributed by atoms with Crippen molar-refractivity contribution in [3.05, 3.63) is 63.6 Å². The van der Waals surface area contributed by atoms with Crippen LogP contribution >= 0.6 is 15.9 Å². The molecule has 2 aromatic rings. The number of anilines is 1. The van der Waals surface area contributed by atoms with Gasteiger partial charge in [0.25, 0.3) is 0 Å². The number of benzene rings is 2. The van der Waals surface area contributed by atoms with E-state index in [0.29, 0.717) is 0 Å². The van der Waals surface area contributed by atoms with E-state index in [9.17, 15) is 4.79 Å². The van der Waals surface area contributed by atoms with Crippen LogP contribution in [-0.2, 0) is 17.8 Å². The predicted molar refractivity (Wildman–Crippen MR) is 88.3 cm³/mol. The first kappa shape index (κ1) is 14.3. The summed E-state index contributed by atoms with van der Waals surface area (Å²) >= 11 is 3.47. The van der Waals surface area contributed by atoms with Gasteiger partial charge in [-0.25, -0.2) is 0 Å². The predicted octanol–water partition coefficient (Wildman–Crippen LogP) is 3.41. The zero-order valence-corrected chi connectivity index (χ0v) is 13.4. The minimum absolute atomic E-state index is 0.0100. The van der Waals surface area contributed by atoms with Crippen LogP contribution in [-0.4, -0.2) is 11.9 Å². The molecule has 2 aromatic carbocycles. The molecule has 0 spiro atoms. The lowest BCUT2D eigenvalue weighted by Crippen LogP contribution is -2.44. The van der Waals surface area contributed by atoms with Crippen LogP contribution in [0.15, 0.2) is 46.9 Å². The zero-order valence-electron chi connectivity index (χ0n) is 11.8. The Balaban J connectivity index is 1.74. The number of halogens is 1. The van der Waals surface area contributed by atoms with Gasteiger partial charge in [0.15, 0.2) is 0 Å². The van der Waals surface area contributed by atoms with Crippen molar-refractivity contribution in [3.63, 3.8) is 0 Å². The second-order valence-electron chi connectivity index (χ2n) is 5.38. The Morgan fingerprint density at radius 2 is 2.00 bits per heavy atom. The van der Waals surface area contributed by atoms with Gasteiger partial charge in [-0.1, -0.05) is 30.3 Å². The molecule has 2 N–H and O–H groups in total. The van der Waals surface area contributed by atoms with Crippen molar-refractivity contribution in [3.8, 4) is 0 Å². The fourth-order valence-electron chi connectivity index (χ4n) is 2.59. The Hall–Kier alpha value is -1.65. The number of nitrogens with one attached hydrogen (secondary N) is 2. The molecule has 0 unspecified atom stereocenters. The van der Waals surface area contributed by atoms with Crippen molar-refractivity contribution in [2.45, 2.75) is 25.9 Å². The van der Waals surface area contributed by atoms with Gasteiger partial charge in [0.2, 0.25) is 5.91 Å². The Kier molecular flexibility index (Phi) is 4.08. The van der Waals surface area contributed by atoms with E-state index in [1.54, 1.807) is 0 Å². The van der Waals surface area contributed by atoms with E-state index in [0.717, 1.165) is 28.7 Å². The summed E-state index contributed by atoms with van der Waals surface area (Å²) in [5.74, 6) is 0.0100. The first-order valence-electron chi connectivity index (χ1n) is 7.00. The molecule has 4 heteroatoms. The fraction of sp³-hybridized carbons (Fsp3) is 0.235. The highest BCUT2D eigenvalue weighted by atomic mass is 79.9. The molecule has 0 saturated carbocycles. The number of fused-ring (bicyclic) bond motifs is 1. The lowest BCUT2D eigenvalue weighted by atomic mass is 9.95. The molecule has 1 amide bonds. The molecule has 0 saturated heterocycles. The van der Waals surface area contributed by atoms with E-state index in [4.69, 9.17) is 0 Å². The maximum Gasteiger partial charge on any atom is 0.241 e. The van der Waals surface area contributed by atoms with Gasteiger partial charge in [-0.2, -0.15) is 0 Å². The normalized spacial score (nSPS) is 17.1. The number of rotatable bonds is 2. The standard InChI is InChI=1S/C17H17BrN2O/c1-11-6-7-14(18)15(8-11)20-17(21)16-9-12-4-2-3-5-13(12)10-19-16/h2-8,16,19H,9-10H2,1H3,(H,20,21)/t16-/m0/s1. The summed E-state index contributed by atoms with van der Waals surface area (Å²) in [6, 6.07) is 14.0. The second-order valence-corrected chi connectivity index (χ2v) is 6.23. The molecule has 3 nitrogen and oxygen atoms in total. The van der Waals surface area contributed by atoms with Crippen molar-refractivity contribution >= 4 is 27.5 Å². The van der Waals surface area contributed by atoms with E-state index in [-0.39, 0.29) is 11.9 Å². The summed E-state index contributed by atoms with van der Waals surface area (Å²) in [7, 11) is 0. The zero-order chi connectivity index (χ0) is 14.8. The van der Waals surface area contributed by atoms with E-state index < -0.39 is 0 Å². The Bertz CT molecular complexity index is 684. The molecule has 0 aliphatic carbocycles. The number of carbonyl (C=O) groups is 1. The van der Waals surface area contributed by atoms with Crippen molar-refractivity contribution in [1.82, 2.24) is 5.32 Å². The van der Waals surface area contributed by atoms with Crippen molar-refractivity contribution in [1.29, 1.82) is 0 Å². The van der Waals surface area contributed by atoms with E-state index in [1.165, 1.54) is 11.1 Å². The smallest absolute Gasteiger partial charge is 0.241 e. The average Bonchev–Trinajstić information content (AvgIpc) is 2.50. The maximum absolute atomic E-state index is 12.4. The molecule has 1 heterocycles. The molecular weight excluding hydrogens is 328 g/mol. The van der Waals surface area contributed by atoms with E-state index in [2.05, 4.69) is 38.7 Å². The van der Waals surface area contributed by atoms with Crippen LogP contribution < -0.4 is 10.6 Å². The van der Waals surface area contributed by atoms with Gasteiger partial charge in [-0.15, -0.1) is 0 Å². The van der Waals surface area contributed by atoms with E-state index in [1.807, 2.05) is 37.3 Å². The Morgan fingerprint density at radius 1 is 1.24 bits per heavy atom. The van der Waals surface area contributed by atoms with Crippen LogP contribution in [0.25, 0.3) is 0 Å². The third-order valence-corrected chi connectivity index (χ3v) is 4.47. The monoisotopic (exact) mass is 344 g/mol. The van der Waals surface area contributed by atoms with Gasteiger partial charge in [0.1, 0.15) is 0 Å². The summed E-state index contributed by atoms with van der Waals surface area (Å²) in [5, 5.41) is 6.31. The summed E-state index contributed by atoms with van der Waals surface area (Å²) < 4.78 is 0.901. The van der Waals surface area contributed by atoms with Gasteiger partial charge >= 0.3 is 0 Å². The highest BCUT2D eigenvalue weighted by Crippen LogP contribution is 2.24. The largest absolute Gasteiger partial charge is 0.324 e. The molecule has 0 aromatic heterocycles. The number of hydrogen-bond acceptors (Lipinski definition) is 2. The molecule has 0 radical (unpaired) electrons. The quantitative estimate of drug-likeness (QED) is 0.876. The van der Waals surface area contributed by atoms with Crippen LogP contribution in [0.5, 0.6) is 0 Å². The molecule has 21 heavy (non-hydrogen) atoms. The molecule has 0 bridgehead atoms. The topological polar surface area (TPSA) is 41.1 Å². The van der Waals surface area contributed by atoms with Crippen LogP contribution in [0.4, 0.5) is 5.69 Å². The first-order chi connectivity index (χ1) is 10.1. The minimum Gasteiger partial charge on any atom is -0.324 e. The lowest BCUT2D eigenvalue weighted by Gasteiger charge is -2.25. The van der Waals surface area contributed by atoms with Crippen LogP contribution in [0.1, 0.15) is 16.7 Å². The van der Waals surface area contributed by atoms with E-state index >= 15 is 0 Å². The van der Waals surface area contributed by atoms with Crippen molar-refractivity contribution in [2.75, 3.05) is 5.32 Å². The molecule has 1 aliphatic heterocycles. The average molecular weight is 345 g/mol. The van der Waals surface area contributed by atoms with Crippen LogP contribution in [0.2, 0.25) is 0 Å². The highest BCUT2D eigenvalue weighted by molar-refractivity contribution is 9.10. The number of aryl methyl sites for hydroxylation is 1. The summed E-state index contributed by atoms with van der Waals surface area (Å²) in [6.07, 6.45) is 0.728. The second kappa shape index (κ2) is 6.00. The number of carbonyl (C=O) groups excluding carboxylic acids is 1. The minimum atomic E-state index is -0.188. The third kappa shape index (κ3) is 3.17. The molecular formula is C17H17BrN2O. The van der Waals surface area contributed by atoms with Gasteiger partial charge < -0.3 is 10.6 Å². The van der Waals surface area contributed by atoms with Gasteiger partial charge in [0, 0.05) is 11.0 Å². The van der Waals surface area contributed by atoms with Gasteiger partial charge in [-0.05, 0) is 58.1 Å². The fourth-order valence-corrected chi connectivity index (χ4v) is 2.94. The Morgan fingerprint density at radius 3 is 2.81 bits per heavy atom. The summed E-state index contributed by atoms with van der Waals surface area (Å²) in [4.78, 5) is 12.4. The van der Waals surface area contributed by atoms with Crippen molar-refractivity contribution < 1.29 is 4.79 Å². The SMILES string of the molecule is Cc1ccc(Br)c(NC(=O)[C@@H]2Cc3ccccc3CN2)c1. The Labute approximate surface area is 132 Å². The molecule has 1 atom stereocenters. The molecule has 0 fully saturated rings. The molecule has 1 aliphatic rings. The lowest BCUT2D eigenvalue weighted by molar-refractivity contribution is -0.118. The van der Waals surface area contributed by atoms with Gasteiger partial charge in [-0.3, -0.25) is 4.79 Å². The third-order valence-electron chi connectivity index (χ3n) is 3.78. The first-order valence-corrected chi connectivity index (χ1v) is 7.80. The number of hydrogen-bond donors (Lipinski definition) is 2. The summed E-state index contributed by atoms with van der Waals surface area (Å²) in [5.41, 5.74) is 4.47. The van der Waals surface area contributed by atoms with Crippen LogP contribution in [0, 0.1) is 6.92 Å². The van der Waals surface area contributed by atoms with Crippen molar-refractivity contribution in [2.24, 2.45) is 0 Å².